The molecule has 4 N–H and O–H groups in total. The summed E-state index contributed by atoms with van der Waals surface area (Å²) in [5, 5.41) is 11.0. The Kier molecular flexibility index (Phi) is 8.74. The average Bonchev–Trinajstić information content (AvgIpc) is 3.24. The second-order valence-corrected chi connectivity index (χ2v) is 9.28. The summed E-state index contributed by atoms with van der Waals surface area (Å²) >= 11 is 7.37. The predicted octanol–water partition coefficient (Wildman–Crippen LogP) is 0.783. The van der Waals surface area contributed by atoms with E-state index in [4.69, 9.17) is 11.6 Å². The molecule has 2 aromatic heterocycles. The average molecular weight is 505 g/mol. The monoisotopic (exact) mass is 504 g/mol. The van der Waals surface area contributed by atoms with Gasteiger partial charge >= 0.3 is 11.8 Å². The molecule has 1 atom stereocenters. The fraction of sp³-hybridized carbons (Fsp3) is 0.318. The zero-order chi connectivity index (χ0) is 24.7. The van der Waals surface area contributed by atoms with E-state index in [1.54, 1.807) is 17.4 Å². The molecule has 0 spiro atoms. The maximum Gasteiger partial charge on any atom is 0.314 e. The Morgan fingerprint density at radius 2 is 2.06 bits per heavy atom. The van der Waals surface area contributed by atoms with Gasteiger partial charge in [-0.1, -0.05) is 11.6 Å². The van der Waals surface area contributed by atoms with Gasteiger partial charge in [-0.2, -0.15) is 0 Å². The fourth-order valence-corrected chi connectivity index (χ4v) is 4.34. The molecule has 3 rings (SSSR count). The number of thiophene rings is 1. The molecule has 0 aliphatic carbocycles. The highest BCUT2D eigenvalue weighted by Crippen LogP contribution is 2.26. The SMILES string of the molecule is CN(C)C(=O)C(CNC(=O)C(=O)Nc1ccc(Cl)cn1)NC(=O)/C=C/c1cc2c(s1)CCNC2. The van der Waals surface area contributed by atoms with Crippen molar-refractivity contribution in [2.24, 2.45) is 0 Å². The van der Waals surface area contributed by atoms with Gasteiger partial charge in [-0.15, -0.1) is 11.3 Å². The summed E-state index contributed by atoms with van der Waals surface area (Å²) in [6.07, 6.45) is 5.33. The number of carbonyl (C=O) groups is 4. The number of nitrogens with zero attached hydrogens (tertiary/aromatic N) is 2. The van der Waals surface area contributed by atoms with Crippen LogP contribution in [0.1, 0.15) is 15.3 Å². The highest BCUT2D eigenvalue weighted by atomic mass is 35.5. The third kappa shape index (κ3) is 7.11. The first kappa shape index (κ1) is 25.3. The fourth-order valence-electron chi connectivity index (χ4n) is 3.15. The third-order valence-corrected chi connectivity index (χ3v) is 6.28. The summed E-state index contributed by atoms with van der Waals surface area (Å²) in [7, 11) is 3.06. The Morgan fingerprint density at radius 1 is 1.26 bits per heavy atom. The molecule has 180 valence electrons. The first-order valence-electron chi connectivity index (χ1n) is 10.5. The molecule has 4 amide bonds. The van der Waals surface area contributed by atoms with Crippen molar-refractivity contribution in [3.05, 3.63) is 50.8 Å². The molecule has 0 bridgehead atoms. The molecular weight excluding hydrogens is 480 g/mol. The zero-order valence-corrected chi connectivity index (χ0v) is 20.3. The van der Waals surface area contributed by atoms with Crippen LogP contribution in [0, 0.1) is 0 Å². The molecule has 0 saturated heterocycles. The molecule has 3 heterocycles. The lowest BCUT2D eigenvalue weighted by atomic mass is 10.1. The molecule has 1 aliphatic heterocycles. The standard InChI is InChI=1S/C22H25ClN6O4S/c1-29(2)22(33)16(12-26-20(31)21(32)28-18-5-3-14(23)11-25-18)27-19(30)6-4-15-9-13-10-24-8-7-17(13)34-15/h3-6,9,11,16,24H,7-8,10,12H2,1-2H3,(H,26,31)(H,27,30)(H,25,28,32)/b6-4+. The largest absolute Gasteiger partial charge is 0.347 e. The minimum Gasteiger partial charge on any atom is -0.347 e. The maximum atomic E-state index is 12.5. The first-order valence-corrected chi connectivity index (χ1v) is 11.6. The van der Waals surface area contributed by atoms with Gasteiger partial charge in [0.05, 0.1) is 5.02 Å². The number of fused-ring (bicyclic) bond motifs is 1. The highest BCUT2D eigenvalue weighted by Gasteiger charge is 2.24. The van der Waals surface area contributed by atoms with Crippen molar-refractivity contribution >= 4 is 58.5 Å². The van der Waals surface area contributed by atoms with Crippen LogP contribution in [0.15, 0.2) is 30.5 Å². The number of amides is 4. The minimum absolute atomic E-state index is 0.148. The van der Waals surface area contributed by atoms with Gasteiger partial charge < -0.3 is 26.2 Å². The summed E-state index contributed by atoms with van der Waals surface area (Å²) in [5.41, 5.74) is 1.23. The Hall–Kier alpha value is -3.28. The van der Waals surface area contributed by atoms with Gasteiger partial charge in [-0.25, -0.2) is 4.98 Å². The van der Waals surface area contributed by atoms with E-state index in [0.29, 0.717) is 5.02 Å². The number of halogens is 1. The summed E-state index contributed by atoms with van der Waals surface area (Å²) < 4.78 is 0. The smallest absolute Gasteiger partial charge is 0.314 e. The molecule has 0 saturated carbocycles. The maximum absolute atomic E-state index is 12.5. The molecule has 0 fully saturated rings. The lowest BCUT2D eigenvalue weighted by Gasteiger charge is -2.21. The minimum atomic E-state index is -1.06. The van der Waals surface area contributed by atoms with E-state index in [0.717, 1.165) is 24.4 Å². The quantitative estimate of drug-likeness (QED) is 0.325. The van der Waals surface area contributed by atoms with Gasteiger partial charge in [-0.05, 0) is 36.3 Å². The van der Waals surface area contributed by atoms with E-state index in [2.05, 4.69) is 26.3 Å². The van der Waals surface area contributed by atoms with Crippen molar-refractivity contribution in [2.75, 3.05) is 32.5 Å². The van der Waals surface area contributed by atoms with Crippen molar-refractivity contribution in [1.82, 2.24) is 25.8 Å². The second-order valence-electron chi connectivity index (χ2n) is 7.68. The molecule has 34 heavy (non-hydrogen) atoms. The number of rotatable bonds is 7. The van der Waals surface area contributed by atoms with Crippen LogP contribution in [0.5, 0.6) is 0 Å². The third-order valence-electron chi connectivity index (χ3n) is 4.86. The Labute approximate surface area is 205 Å². The predicted molar refractivity (Wildman–Crippen MR) is 130 cm³/mol. The molecule has 10 nitrogen and oxygen atoms in total. The van der Waals surface area contributed by atoms with Crippen molar-refractivity contribution in [2.45, 2.75) is 19.0 Å². The molecule has 1 aliphatic rings. The van der Waals surface area contributed by atoms with E-state index in [1.165, 1.54) is 53.8 Å². The number of hydrogen-bond acceptors (Lipinski definition) is 7. The number of likely N-dealkylation sites (N-methyl/N-ethyl adjacent to an activating group) is 1. The van der Waals surface area contributed by atoms with Gasteiger partial charge in [0, 0.05) is 55.8 Å². The normalized spacial score (nSPS) is 13.6. The number of nitrogens with one attached hydrogen (secondary N) is 4. The number of anilines is 1. The van der Waals surface area contributed by atoms with Crippen molar-refractivity contribution in [3.63, 3.8) is 0 Å². The number of pyridine rings is 1. The van der Waals surface area contributed by atoms with Gasteiger partial charge in [-0.3, -0.25) is 19.2 Å². The molecule has 1 unspecified atom stereocenters. The van der Waals surface area contributed by atoms with Crippen LogP contribution in [0.3, 0.4) is 0 Å². The van der Waals surface area contributed by atoms with Crippen LogP contribution >= 0.6 is 22.9 Å². The number of hydrogen-bond donors (Lipinski definition) is 4. The van der Waals surface area contributed by atoms with Gasteiger partial charge in [0.25, 0.3) is 0 Å². The van der Waals surface area contributed by atoms with E-state index < -0.39 is 29.7 Å². The van der Waals surface area contributed by atoms with Gasteiger partial charge in [0.2, 0.25) is 11.8 Å². The topological polar surface area (TPSA) is 133 Å². The van der Waals surface area contributed by atoms with E-state index in [1.807, 2.05) is 6.07 Å². The van der Waals surface area contributed by atoms with Crippen molar-refractivity contribution in [3.8, 4) is 0 Å². The zero-order valence-electron chi connectivity index (χ0n) is 18.7. The second kappa shape index (κ2) is 11.7. The molecule has 0 aromatic carbocycles. The number of aromatic nitrogens is 1. The van der Waals surface area contributed by atoms with E-state index in [-0.39, 0.29) is 12.4 Å². The summed E-state index contributed by atoms with van der Waals surface area (Å²) in [6, 6.07) is 3.93. The summed E-state index contributed by atoms with van der Waals surface area (Å²) in [5.74, 6) is -2.72. The summed E-state index contributed by atoms with van der Waals surface area (Å²) in [4.78, 5) is 56.6. The van der Waals surface area contributed by atoms with Crippen LogP contribution in [0.4, 0.5) is 5.82 Å². The van der Waals surface area contributed by atoms with Crippen molar-refractivity contribution in [1.29, 1.82) is 0 Å². The molecule has 2 aromatic rings. The van der Waals surface area contributed by atoms with Crippen LogP contribution in [-0.2, 0) is 32.1 Å². The number of carbonyl (C=O) groups excluding carboxylic acids is 4. The lowest BCUT2D eigenvalue weighted by molar-refractivity contribution is -0.137. The Morgan fingerprint density at radius 3 is 2.74 bits per heavy atom. The van der Waals surface area contributed by atoms with Crippen LogP contribution in [0.2, 0.25) is 5.02 Å². The first-order chi connectivity index (χ1) is 16.2. The van der Waals surface area contributed by atoms with Crippen LogP contribution < -0.4 is 21.3 Å². The van der Waals surface area contributed by atoms with E-state index >= 15 is 0 Å². The highest BCUT2D eigenvalue weighted by molar-refractivity contribution is 7.13. The van der Waals surface area contributed by atoms with Crippen LogP contribution in [0.25, 0.3) is 6.08 Å². The van der Waals surface area contributed by atoms with Gasteiger partial charge in [0.15, 0.2) is 0 Å². The molecule has 12 heteroatoms. The molecule has 0 radical (unpaired) electrons. The Bertz CT molecular complexity index is 1080. The van der Waals surface area contributed by atoms with E-state index in [9.17, 15) is 19.2 Å². The molecular formula is C22H25ClN6O4S. The Balaban J connectivity index is 1.56. The summed E-state index contributed by atoms with van der Waals surface area (Å²) in [6.45, 7) is 1.48. The lowest BCUT2D eigenvalue weighted by Crippen LogP contribution is -2.53. The van der Waals surface area contributed by atoms with Gasteiger partial charge in [0.1, 0.15) is 11.9 Å². The van der Waals surface area contributed by atoms with Crippen molar-refractivity contribution < 1.29 is 19.2 Å². The van der Waals surface area contributed by atoms with Crippen LogP contribution in [-0.4, -0.2) is 66.7 Å².